The highest BCUT2D eigenvalue weighted by Gasteiger charge is 2.44. The molecule has 5 nitrogen and oxygen atoms in total. The van der Waals surface area contributed by atoms with Gasteiger partial charge in [-0.2, -0.15) is 0 Å². The van der Waals surface area contributed by atoms with E-state index in [1.807, 2.05) is 44.2 Å². The van der Waals surface area contributed by atoms with Gasteiger partial charge in [-0.05, 0) is 36.6 Å². The summed E-state index contributed by atoms with van der Waals surface area (Å²) in [5.41, 5.74) is 5.35. The van der Waals surface area contributed by atoms with Gasteiger partial charge in [-0.15, -0.1) is 0 Å². The lowest BCUT2D eigenvalue weighted by atomic mass is 9.96. The van der Waals surface area contributed by atoms with Crippen LogP contribution in [-0.4, -0.2) is 53.8 Å². The maximum absolute atomic E-state index is 13.4. The predicted molar refractivity (Wildman–Crippen MR) is 135 cm³/mol. The summed E-state index contributed by atoms with van der Waals surface area (Å²) < 4.78 is 0. The molecule has 2 aliphatic rings. The van der Waals surface area contributed by atoms with Crippen LogP contribution in [0.4, 0.5) is 5.69 Å². The third kappa shape index (κ3) is 4.29. The molecule has 2 fully saturated rings. The number of hydrogen-bond acceptors (Lipinski definition) is 4. The molecule has 2 saturated heterocycles. The van der Waals surface area contributed by atoms with Crippen LogP contribution in [0.25, 0.3) is 0 Å². The zero-order valence-electron chi connectivity index (χ0n) is 19.9. The van der Waals surface area contributed by atoms with E-state index in [1.54, 1.807) is 0 Å². The van der Waals surface area contributed by atoms with Crippen LogP contribution in [0, 0.1) is 13.8 Å². The second kappa shape index (κ2) is 9.53. The van der Waals surface area contributed by atoms with Gasteiger partial charge in [-0.3, -0.25) is 19.4 Å². The SMILES string of the molecule is Cc1ccc(N2C(=O)C[C@H](N3CCN(C(c4ccccc4)c4ccccc4)CC3)C2=O)c(C)c1. The zero-order chi connectivity index (χ0) is 23.7. The maximum atomic E-state index is 13.4. The van der Waals surface area contributed by atoms with Gasteiger partial charge in [0.1, 0.15) is 0 Å². The predicted octanol–water partition coefficient (Wildman–Crippen LogP) is 4.34. The number of carbonyl (C=O) groups excluding carboxylic acids is 2. The smallest absolute Gasteiger partial charge is 0.251 e. The van der Waals surface area contributed by atoms with E-state index in [1.165, 1.54) is 16.0 Å². The molecule has 0 unspecified atom stereocenters. The van der Waals surface area contributed by atoms with Crippen LogP contribution < -0.4 is 4.90 Å². The molecular formula is C29H31N3O2. The molecule has 174 valence electrons. The largest absolute Gasteiger partial charge is 0.290 e. The van der Waals surface area contributed by atoms with Crippen LogP contribution in [0.15, 0.2) is 78.9 Å². The quantitative estimate of drug-likeness (QED) is 0.539. The molecule has 1 atom stereocenters. The van der Waals surface area contributed by atoms with Crippen LogP contribution in [0.2, 0.25) is 0 Å². The number of piperazine rings is 1. The van der Waals surface area contributed by atoms with E-state index in [-0.39, 0.29) is 30.3 Å². The van der Waals surface area contributed by atoms with Crippen molar-refractivity contribution in [2.75, 3.05) is 31.1 Å². The molecule has 5 rings (SSSR count). The van der Waals surface area contributed by atoms with E-state index >= 15 is 0 Å². The van der Waals surface area contributed by atoms with Crippen molar-refractivity contribution in [1.29, 1.82) is 0 Å². The van der Waals surface area contributed by atoms with Crippen LogP contribution in [0.5, 0.6) is 0 Å². The topological polar surface area (TPSA) is 43.9 Å². The Morgan fingerprint density at radius 3 is 1.91 bits per heavy atom. The number of carbonyl (C=O) groups is 2. The van der Waals surface area contributed by atoms with Gasteiger partial charge in [0.05, 0.1) is 24.2 Å². The monoisotopic (exact) mass is 453 g/mol. The van der Waals surface area contributed by atoms with Gasteiger partial charge in [0.25, 0.3) is 5.91 Å². The van der Waals surface area contributed by atoms with Crippen molar-refractivity contribution >= 4 is 17.5 Å². The molecule has 0 aromatic heterocycles. The summed E-state index contributed by atoms with van der Waals surface area (Å²) in [5.74, 6) is -0.191. The summed E-state index contributed by atoms with van der Waals surface area (Å²) in [6.45, 7) is 7.19. The Bertz CT molecular complexity index is 1130. The highest BCUT2D eigenvalue weighted by atomic mass is 16.2. The molecule has 34 heavy (non-hydrogen) atoms. The molecule has 2 heterocycles. The fourth-order valence-electron chi connectivity index (χ4n) is 5.40. The highest BCUT2D eigenvalue weighted by molar-refractivity contribution is 6.22. The summed E-state index contributed by atoms with van der Waals surface area (Å²) in [4.78, 5) is 32.3. The lowest BCUT2D eigenvalue weighted by molar-refractivity contribution is -0.123. The fourth-order valence-corrected chi connectivity index (χ4v) is 5.40. The van der Waals surface area contributed by atoms with Crippen molar-refractivity contribution in [1.82, 2.24) is 9.80 Å². The highest BCUT2D eigenvalue weighted by Crippen LogP contribution is 2.32. The van der Waals surface area contributed by atoms with Crippen molar-refractivity contribution < 1.29 is 9.59 Å². The first-order chi connectivity index (χ1) is 16.5. The van der Waals surface area contributed by atoms with Gasteiger partial charge in [0.2, 0.25) is 5.91 Å². The number of anilines is 1. The number of benzene rings is 3. The van der Waals surface area contributed by atoms with Gasteiger partial charge in [-0.25, -0.2) is 4.90 Å². The second-order valence-electron chi connectivity index (χ2n) is 9.37. The zero-order valence-corrected chi connectivity index (χ0v) is 19.9. The molecule has 3 aromatic carbocycles. The number of aryl methyl sites for hydroxylation is 2. The summed E-state index contributed by atoms with van der Waals surface area (Å²) in [7, 11) is 0. The van der Waals surface area contributed by atoms with E-state index in [9.17, 15) is 9.59 Å². The molecule has 0 spiro atoms. The Morgan fingerprint density at radius 2 is 1.35 bits per heavy atom. The first-order valence-corrected chi connectivity index (χ1v) is 12.0. The van der Waals surface area contributed by atoms with Crippen LogP contribution in [-0.2, 0) is 9.59 Å². The molecule has 5 heteroatoms. The second-order valence-corrected chi connectivity index (χ2v) is 9.37. The van der Waals surface area contributed by atoms with Crippen LogP contribution in [0.1, 0.15) is 34.7 Å². The van der Waals surface area contributed by atoms with Gasteiger partial charge in [0.15, 0.2) is 0 Å². The molecule has 0 bridgehead atoms. The normalized spacial score (nSPS) is 19.9. The molecule has 0 aliphatic carbocycles. The van der Waals surface area contributed by atoms with Crippen molar-refractivity contribution in [3.63, 3.8) is 0 Å². The average molecular weight is 454 g/mol. The summed E-state index contributed by atoms with van der Waals surface area (Å²) in [6.07, 6.45) is 0.257. The van der Waals surface area contributed by atoms with E-state index in [4.69, 9.17) is 0 Å². The molecule has 0 N–H and O–H groups in total. The summed E-state index contributed by atoms with van der Waals surface area (Å²) in [6, 6.07) is 26.9. The Hall–Kier alpha value is -3.28. The molecule has 0 radical (unpaired) electrons. The first-order valence-electron chi connectivity index (χ1n) is 12.0. The lowest BCUT2D eigenvalue weighted by Crippen LogP contribution is -2.53. The lowest BCUT2D eigenvalue weighted by Gasteiger charge is -2.41. The first kappa shape index (κ1) is 22.5. The van der Waals surface area contributed by atoms with E-state index in [0.29, 0.717) is 0 Å². The molecular weight excluding hydrogens is 422 g/mol. The van der Waals surface area contributed by atoms with Crippen molar-refractivity contribution in [3.05, 3.63) is 101 Å². The molecule has 3 aromatic rings. The Morgan fingerprint density at radius 1 is 0.765 bits per heavy atom. The van der Waals surface area contributed by atoms with Gasteiger partial charge < -0.3 is 0 Å². The van der Waals surface area contributed by atoms with E-state index < -0.39 is 0 Å². The maximum Gasteiger partial charge on any atom is 0.251 e. The number of nitrogens with zero attached hydrogens (tertiary/aromatic N) is 3. The Labute approximate surface area is 201 Å². The fraction of sp³-hybridized carbons (Fsp3) is 0.310. The van der Waals surface area contributed by atoms with Crippen molar-refractivity contribution in [2.24, 2.45) is 0 Å². The van der Waals surface area contributed by atoms with Crippen molar-refractivity contribution in [3.8, 4) is 0 Å². The van der Waals surface area contributed by atoms with E-state index in [0.717, 1.165) is 43.0 Å². The summed E-state index contributed by atoms with van der Waals surface area (Å²) in [5, 5.41) is 0. The summed E-state index contributed by atoms with van der Waals surface area (Å²) >= 11 is 0. The molecule has 2 aliphatic heterocycles. The Balaban J connectivity index is 1.32. The van der Waals surface area contributed by atoms with E-state index in [2.05, 4.69) is 58.3 Å². The molecule has 0 saturated carbocycles. The standard InChI is InChI=1S/C29H31N3O2/c1-21-13-14-25(22(2)19-21)32-27(33)20-26(29(32)34)30-15-17-31(18-16-30)28(23-9-5-3-6-10-23)24-11-7-4-8-12-24/h3-14,19,26,28H,15-18,20H2,1-2H3/t26-/m0/s1. The van der Waals surface area contributed by atoms with Gasteiger partial charge >= 0.3 is 0 Å². The number of rotatable bonds is 5. The van der Waals surface area contributed by atoms with Crippen molar-refractivity contribution in [2.45, 2.75) is 32.4 Å². The number of hydrogen-bond donors (Lipinski definition) is 0. The van der Waals surface area contributed by atoms with Gasteiger partial charge in [-0.1, -0.05) is 78.4 Å². The average Bonchev–Trinajstić information content (AvgIpc) is 3.15. The third-order valence-electron chi connectivity index (χ3n) is 7.10. The Kier molecular flexibility index (Phi) is 6.31. The minimum atomic E-state index is -0.373. The van der Waals surface area contributed by atoms with Gasteiger partial charge in [0, 0.05) is 26.2 Å². The van der Waals surface area contributed by atoms with Crippen LogP contribution in [0.3, 0.4) is 0 Å². The number of imide groups is 1. The minimum Gasteiger partial charge on any atom is -0.290 e. The third-order valence-corrected chi connectivity index (χ3v) is 7.10. The number of amides is 2. The van der Waals surface area contributed by atoms with Crippen LogP contribution >= 0.6 is 0 Å². The molecule has 2 amide bonds. The minimum absolute atomic E-state index is 0.0897.